The van der Waals surface area contributed by atoms with E-state index in [9.17, 15) is 9.59 Å². The van der Waals surface area contributed by atoms with E-state index in [1.807, 2.05) is 85.1 Å². The van der Waals surface area contributed by atoms with E-state index in [0.717, 1.165) is 33.3 Å². The summed E-state index contributed by atoms with van der Waals surface area (Å²) in [6.07, 6.45) is 2.21. The third-order valence-corrected chi connectivity index (χ3v) is 5.97. The molecule has 1 heterocycles. The minimum absolute atomic E-state index is 0.266. The molecule has 7 heteroatoms. The lowest BCUT2D eigenvalue weighted by Crippen LogP contribution is -2.49. The Morgan fingerprint density at radius 1 is 0.921 bits per heavy atom. The van der Waals surface area contributed by atoms with Gasteiger partial charge in [0.1, 0.15) is 24.0 Å². The second-order valence-electron chi connectivity index (χ2n) is 10.2. The van der Waals surface area contributed by atoms with Gasteiger partial charge in [-0.05, 0) is 62.1 Å². The molecule has 2 amide bonds. The first kappa shape index (κ1) is 26.8. The van der Waals surface area contributed by atoms with Gasteiger partial charge in [-0.25, -0.2) is 4.79 Å². The number of para-hydroxylation sites is 1. The van der Waals surface area contributed by atoms with Crippen LogP contribution in [0, 0.1) is 0 Å². The highest BCUT2D eigenvalue weighted by Crippen LogP contribution is 2.20. The van der Waals surface area contributed by atoms with Gasteiger partial charge in [0, 0.05) is 30.1 Å². The van der Waals surface area contributed by atoms with Crippen molar-refractivity contribution in [3.05, 3.63) is 102 Å². The van der Waals surface area contributed by atoms with Crippen LogP contribution in [0.1, 0.15) is 37.5 Å². The standard InChI is InChI=1S/C31H35N3O4/c1-31(2,3)38-30(36)34-28(19-24-20-33-27-15-8-7-14-26(24)27)29(35)32-17-16-22-12-9-13-25(18-22)37-21-23-10-5-4-6-11-23/h4-15,18,20,28,33H,16-17,19,21H2,1-3H3,(H,32,35)(H,34,36)/t28-/m0/s1. The van der Waals surface area contributed by atoms with Crippen molar-refractivity contribution in [1.29, 1.82) is 0 Å². The van der Waals surface area contributed by atoms with Gasteiger partial charge in [-0.3, -0.25) is 4.79 Å². The zero-order valence-electron chi connectivity index (χ0n) is 22.1. The van der Waals surface area contributed by atoms with E-state index in [1.54, 1.807) is 20.8 Å². The molecule has 0 radical (unpaired) electrons. The Morgan fingerprint density at radius 3 is 2.45 bits per heavy atom. The van der Waals surface area contributed by atoms with Crippen LogP contribution in [0.25, 0.3) is 10.9 Å². The normalized spacial score (nSPS) is 12.1. The smallest absolute Gasteiger partial charge is 0.408 e. The van der Waals surface area contributed by atoms with E-state index in [4.69, 9.17) is 9.47 Å². The number of carbonyl (C=O) groups excluding carboxylic acids is 2. The van der Waals surface area contributed by atoms with Crippen LogP contribution in [0.2, 0.25) is 0 Å². The third-order valence-electron chi connectivity index (χ3n) is 5.97. The van der Waals surface area contributed by atoms with Gasteiger partial charge >= 0.3 is 6.09 Å². The first-order valence-corrected chi connectivity index (χ1v) is 12.8. The summed E-state index contributed by atoms with van der Waals surface area (Å²) in [7, 11) is 0. The van der Waals surface area contributed by atoms with Crippen molar-refractivity contribution >= 4 is 22.9 Å². The zero-order chi connectivity index (χ0) is 27.0. The summed E-state index contributed by atoms with van der Waals surface area (Å²) in [6, 6.07) is 25.0. The molecule has 3 N–H and O–H groups in total. The van der Waals surface area contributed by atoms with Gasteiger partial charge in [0.15, 0.2) is 0 Å². The van der Waals surface area contributed by atoms with Crippen LogP contribution in [0.3, 0.4) is 0 Å². The Balaban J connectivity index is 1.37. The van der Waals surface area contributed by atoms with Crippen molar-refractivity contribution in [3.8, 4) is 5.75 Å². The van der Waals surface area contributed by atoms with Gasteiger partial charge in [-0.1, -0.05) is 60.7 Å². The van der Waals surface area contributed by atoms with E-state index in [0.29, 0.717) is 26.0 Å². The molecule has 1 aromatic heterocycles. The predicted molar refractivity (Wildman–Crippen MR) is 149 cm³/mol. The zero-order valence-corrected chi connectivity index (χ0v) is 22.1. The Kier molecular flexibility index (Phi) is 8.69. The molecule has 0 saturated heterocycles. The van der Waals surface area contributed by atoms with Gasteiger partial charge in [0.05, 0.1) is 0 Å². The minimum Gasteiger partial charge on any atom is -0.489 e. The Labute approximate surface area is 223 Å². The van der Waals surface area contributed by atoms with Crippen LogP contribution < -0.4 is 15.4 Å². The molecule has 0 fully saturated rings. The molecule has 0 aliphatic heterocycles. The lowest BCUT2D eigenvalue weighted by molar-refractivity contribution is -0.123. The molecule has 1 atom stereocenters. The number of hydrogen-bond donors (Lipinski definition) is 3. The highest BCUT2D eigenvalue weighted by atomic mass is 16.6. The van der Waals surface area contributed by atoms with Crippen LogP contribution in [-0.4, -0.2) is 35.2 Å². The Morgan fingerprint density at radius 2 is 1.66 bits per heavy atom. The monoisotopic (exact) mass is 513 g/mol. The highest BCUT2D eigenvalue weighted by molar-refractivity contribution is 5.88. The number of amides is 2. The lowest BCUT2D eigenvalue weighted by atomic mass is 10.0. The number of aromatic nitrogens is 1. The summed E-state index contributed by atoms with van der Waals surface area (Å²) in [6.45, 7) is 6.28. The number of carbonyl (C=O) groups is 2. The molecule has 0 bridgehead atoms. The second-order valence-corrected chi connectivity index (χ2v) is 10.2. The molecule has 0 aliphatic rings. The molecule has 3 aromatic carbocycles. The summed E-state index contributed by atoms with van der Waals surface area (Å²) in [5, 5.41) is 6.75. The van der Waals surface area contributed by atoms with Crippen LogP contribution in [0.4, 0.5) is 4.79 Å². The summed E-state index contributed by atoms with van der Waals surface area (Å²) in [5.41, 5.74) is 3.40. The Hall–Kier alpha value is -4.26. The maximum atomic E-state index is 13.2. The van der Waals surface area contributed by atoms with Gasteiger partial charge in [0.2, 0.25) is 5.91 Å². The Bertz CT molecular complexity index is 1360. The van der Waals surface area contributed by atoms with Crippen LogP contribution >= 0.6 is 0 Å². The number of benzene rings is 3. The lowest BCUT2D eigenvalue weighted by Gasteiger charge is -2.23. The van der Waals surface area contributed by atoms with Crippen molar-refractivity contribution in [3.63, 3.8) is 0 Å². The van der Waals surface area contributed by atoms with Gasteiger partial charge in [-0.15, -0.1) is 0 Å². The molecule has 0 aliphatic carbocycles. The van der Waals surface area contributed by atoms with E-state index >= 15 is 0 Å². The molecule has 0 unspecified atom stereocenters. The predicted octanol–water partition coefficient (Wildman–Crippen LogP) is 5.54. The molecule has 38 heavy (non-hydrogen) atoms. The highest BCUT2D eigenvalue weighted by Gasteiger charge is 2.25. The van der Waals surface area contributed by atoms with Crippen molar-refractivity contribution in [1.82, 2.24) is 15.6 Å². The quantitative estimate of drug-likeness (QED) is 0.260. The SMILES string of the molecule is CC(C)(C)OC(=O)N[C@@H](Cc1c[nH]c2ccccc12)C(=O)NCCc1cccc(OCc2ccccc2)c1. The van der Waals surface area contributed by atoms with Crippen LogP contribution in [0.5, 0.6) is 5.75 Å². The first-order valence-electron chi connectivity index (χ1n) is 12.8. The summed E-state index contributed by atoms with van der Waals surface area (Å²) < 4.78 is 11.3. The van der Waals surface area contributed by atoms with Crippen molar-refractivity contribution in [2.75, 3.05) is 6.54 Å². The van der Waals surface area contributed by atoms with E-state index in [-0.39, 0.29) is 5.91 Å². The fourth-order valence-corrected chi connectivity index (χ4v) is 4.16. The van der Waals surface area contributed by atoms with Crippen molar-refractivity contribution in [2.45, 2.75) is 51.9 Å². The number of fused-ring (bicyclic) bond motifs is 1. The molecule has 4 aromatic rings. The molecular weight excluding hydrogens is 478 g/mol. The fraction of sp³-hybridized carbons (Fsp3) is 0.290. The number of rotatable bonds is 10. The number of ether oxygens (including phenoxy) is 2. The van der Waals surface area contributed by atoms with E-state index in [2.05, 4.69) is 15.6 Å². The maximum Gasteiger partial charge on any atom is 0.408 e. The summed E-state index contributed by atoms with van der Waals surface area (Å²) in [4.78, 5) is 29.0. The van der Waals surface area contributed by atoms with Crippen molar-refractivity contribution < 1.29 is 19.1 Å². The van der Waals surface area contributed by atoms with Crippen LogP contribution in [-0.2, 0) is 29.0 Å². The summed E-state index contributed by atoms with van der Waals surface area (Å²) in [5.74, 6) is 0.513. The molecule has 0 spiro atoms. The molecule has 7 nitrogen and oxygen atoms in total. The third kappa shape index (κ3) is 7.87. The molecule has 198 valence electrons. The maximum absolute atomic E-state index is 13.2. The van der Waals surface area contributed by atoms with E-state index < -0.39 is 17.7 Å². The number of aromatic amines is 1. The number of hydrogen-bond acceptors (Lipinski definition) is 4. The molecule has 4 rings (SSSR count). The number of alkyl carbamates (subject to hydrolysis) is 1. The van der Waals surface area contributed by atoms with E-state index in [1.165, 1.54) is 0 Å². The molecule has 0 saturated carbocycles. The fourth-order valence-electron chi connectivity index (χ4n) is 4.16. The second kappa shape index (κ2) is 12.3. The van der Waals surface area contributed by atoms with Crippen LogP contribution in [0.15, 0.2) is 85.1 Å². The van der Waals surface area contributed by atoms with Gasteiger partial charge in [0.25, 0.3) is 0 Å². The average molecular weight is 514 g/mol. The first-order chi connectivity index (χ1) is 18.3. The summed E-state index contributed by atoms with van der Waals surface area (Å²) >= 11 is 0. The van der Waals surface area contributed by atoms with Crippen molar-refractivity contribution in [2.24, 2.45) is 0 Å². The minimum atomic E-state index is -0.787. The van der Waals surface area contributed by atoms with Gasteiger partial charge < -0.3 is 25.1 Å². The van der Waals surface area contributed by atoms with Gasteiger partial charge in [-0.2, -0.15) is 0 Å². The topological polar surface area (TPSA) is 92.5 Å². The average Bonchev–Trinajstić information content (AvgIpc) is 3.29. The molecular formula is C31H35N3O4. The number of H-pyrrole nitrogens is 1. The largest absolute Gasteiger partial charge is 0.489 e. The number of nitrogens with one attached hydrogen (secondary N) is 3.